The topological polar surface area (TPSA) is 58.3 Å². The quantitative estimate of drug-likeness (QED) is 0.759. The summed E-state index contributed by atoms with van der Waals surface area (Å²) in [4.78, 5) is 0. The van der Waals surface area contributed by atoms with Crippen LogP contribution in [0.3, 0.4) is 0 Å². The highest BCUT2D eigenvalue weighted by atomic mass is 16.5. The van der Waals surface area contributed by atoms with E-state index < -0.39 is 0 Å². The van der Waals surface area contributed by atoms with Gasteiger partial charge in [-0.15, -0.1) is 0 Å². The highest BCUT2D eigenvalue weighted by Crippen LogP contribution is 2.30. The number of anilines is 1. The fourth-order valence-corrected chi connectivity index (χ4v) is 2.39. The molecule has 0 aliphatic carbocycles. The lowest BCUT2D eigenvalue weighted by Gasteiger charge is -2.10. The molecule has 0 saturated carbocycles. The summed E-state index contributed by atoms with van der Waals surface area (Å²) in [6.07, 6.45) is 0. The van der Waals surface area contributed by atoms with Gasteiger partial charge in [-0.25, -0.2) is 0 Å². The van der Waals surface area contributed by atoms with Gasteiger partial charge in [-0.3, -0.25) is 0 Å². The van der Waals surface area contributed by atoms with E-state index in [1.807, 2.05) is 44.2 Å². The van der Waals surface area contributed by atoms with Gasteiger partial charge in [-0.1, -0.05) is 29.4 Å². The van der Waals surface area contributed by atoms with Gasteiger partial charge in [0.15, 0.2) is 0 Å². The van der Waals surface area contributed by atoms with E-state index in [1.54, 1.807) is 6.07 Å². The van der Waals surface area contributed by atoms with Crippen LogP contribution in [-0.4, -0.2) is 10.3 Å². The van der Waals surface area contributed by atoms with Crippen molar-refractivity contribution >= 4 is 16.5 Å². The van der Waals surface area contributed by atoms with Crippen LogP contribution in [0.2, 0.25) is 0 Å². The monoisotopic (exact) mass is 268 g/mol. The van der Waals surface area contributed by atoms with Crippen LogP contribution in [0.1, 0.15) is 17.0 Å². The molecular weight excluding hydrogens is 252 g/mol. The van der Waals surface area contributed by atoms with E-state index in [0.29, 0.717) is 12.3 Å². The Morgan fingerprint density at radius 1 is 1.10 bits per heavy atom. The molecule has 0 unspecified atom stereocenters. The molecular formula is C16H16N2O2. The predicted octanol–water partition coefficient (Wildman–Crippen LogP) is 3.76. The summed E-state index contributed by atoms with van der Waals surface area (Å²) in [5, 5.41) is 19.1. The molecule has 2 aromatic carbocycles. The van der Waals surface area contributed by atoms with E-state index in [0.717, 1.165) is 33.5 Å². The van der Waals surface area contributed by atoms with Crippen molar-refractivity contribution in [2.45, 2.75) is 20.4 Å². The minimum atomic E-state index is 0.295. The highest BCUT2D eigenvalue weighted by Gasteiger charge is 2.09. The molecule has 0 saturated heterocycles. The number of nitrogens with zero attached hydrogens (tertiary/aromatic N) is 1. The number of nitrogens with one attached hydrogen (secondary N) is 1. The minimum Gasteiger partial charge on any atom is -0.507 e. The third-order valence-corrected chi connectivity index (χ3v) is 3.54. The standard InChI is InChI=1S/C16H16N2O2/c1-10-14(11(2)20-18-10)9-17-15-7-3-6-13-12(15)5-4-8-16(13)19/h3-8,17,19H,9H2,1-2H3. The van der Waals surface area contributed by atoms with Gasteiger partial charge in [-0.2, -0.15) is 0 Å². The largest absolute Gasteiger partial charge is 0.507 e. The van der Waals surface area contributed by atoms with Crippen molar-refractivity contribution in [1.82, 2.24) is 5.16 Å². The summed E-state index contributed by atoms with van der Waals surface area (Å²) in [6, 6.07) is 11.4. The maximum Gasteiger partial charge on any atom is 0.138 e. The summed E-state index contributed by atoms with van der Waals surface area (Å²) in [5.41, 5.74) is 2.96. The fourth-order valence-electron chi connectivity index (χ4n) is 2.39. The van der Waals surface area contributed by atoms with Crippen LogP contribution in [0.4, 0.5) is 5.69 Å². The van der Waals surface area contributed by atoms with Crippen LogP contribution >= 0.6 is 0 Å². The first-order chi connectivity index (χ1) is 9.66. The molecule has 2 N–H and O–H groups in total. The van der Waals surface area contributed by atoms with Crippen molar-refractivity contribution in [3.05, 3.63) is 53.4 Å². The van der Waals surface area contributed by atoms with Gasteiger partial charge in [-0.05, 0) is 26.0 Å². The molecule has 102 valence electrons. The van der Waals surface area contributed by atoms with Crippen LogP contribution in [0.25, 0.3) is 10.8 Å². The number of aromatic hydroxyl groups is 1. The van der Waals surface area contributed by atoms with Gasteiger partial charge >= 0.3 is 0 Å². The van der Waals surface area contributed by atoms with Crippen molar-refractivity contribution in [2.75, 3.05) is 5.32 Å². The zero-order valence-corrected chi connectivity index (χ0v) is 11.5. The number of rotatable bonds is 3. The zero-order chi connectivity index (χ0) is 14.1. The summed E-state index contributed by atoms with van der Waals surface area (Å²) in [6.45, 7) is 4.49. The smallest absolute Gasteiger partial charge is 0.138 e. The molecule has 0 bridgehead atoms. The van der Waals surface area contributed by atoms with E-state index in [9.17, 15) is 5.11 Å². The Kier molecular flexibility index (Phi) is 3.06. The first kappa shape index (κ1) is 12.5. The average Bonchev–Trinajstić information content (AvgIpc) is 2.76. The predicted molar refractivity (Wildman–Crippen MR) is 78.9 cm³/mol. The average molecular weight is 268 g/mol. The Morgan fingerprint density at radius 2 is 1.85 bits per heavy atom. The molecule has 20 heavy (non-hydrogen) atoms. The Hall–Kier alpha value is -2.49. The van der Waals surface area contributed by atoms with E-state index in [4.69, 9.17) is 4.52 Å². The van der Waals surface area contributed by atoms with Crippen molar-refractivity contribution in [1.29, 1.82) is 0 Å². The number of hydrogen-bond acceptors (Lipinski definition) is 4. The Morgan fingerprint density at radius 3 is 2.60 bits per heavy atom. The SMILES string of the molecule is Cc1noc(C)c1CNc1cccc2c(O)cccc12. The molecule has 3 rings (SSSR count). The van der Waals surface area contributed by atoms with Crippen LogP contribution in [0.5, 0.6) is 5.75 Å². The first-order valence-electron chi connectivity index (χ1n) is 6.53. The Labute approximate surface area is 117 Å². The van der Waals surface area contributed by atoms with Gasteiger partial charge in [0.2, 0.25) is 0 Å². The van der Waals surface area contributed by atoms with Crippen molar-refractivity contribution in [3.8, 4) is 5.75 Å². The third-order valence-electron chi connectivity index (χ3n) is 3.54. The van der Waals surface area contributed by atoms with Gasteiger partial charge in [0.1, 0.15) is 11.5 Å². The number of phenols is 1. The van der Waals surface area contributed by atoms with Gasteiger partial charge in [0.05, 0.1) is 5.69 Å². The maximum absolute atomic E-state index is 9.88. The molecule has 1 heterocycles. The Balaban J connectivity index is 1.94. The molecule has 0 atom stereocenters. The van der Waals surface area contributed by atoms with Gasteiger partial charge < -0.3 is 14.9 Å². The zero-order valence-electron chi connectivity index (χ0n) is 11.5. The van der Waals surface area contributed by atoms with E-state index >= 15 is 0 Å². The minimum absolute atomic E-state index is 0.295. The number of aromatic nitrogens is 1. The number of benzene rings is 2. The van der Waals surface area contributed by atoms with Crippen molar-refractivity contribution in [3.63, 3.8) is 0 Å². The molecule has 0 amide bonds. The second kappa shape index (κ2) is 4.89. The lowest BCUT2D eigenvalue weighted by molar-refractivity contribution is 0.392. The van der Waals surface area contributed by atoms with E-state index in [-0.39, 0.29) is 0 Å². The second-order valence-electron chi connectivity index (χ2n) is 4.83. The Bertz CT molecular complexity index is 743. The molecule has 3 aromatic rings. The summed E-state index contributed by atoms with van der Waals surface area (Å²) in [7, 11) is 0. The lowest BCUT2D eigenvalue weighted by atomic mass is 10.1. The second-order valence-corrected chi connectivity index (χ2v) is 4.83. The normalized spacial score (nSPS) is 10.9. The summed E-state index contributed by atoms with van der Waals surface area (Å²) in [5.74, 6) is 1.13. The maximum atomic E-state index is 9.88. The lowest BCUT2D eigenvalue weighted by Crippen LogP contribution is -2.01. The molecule has 0 aliphatic heterocycles. The molecule has 0 fully saturated rings. The summed E-state index contributed by atoms with van der Waals surface area (Å²) >= 11 is 0. The molecule has 0 spiro atoms. The van der Waals surface area contributed by atoms with Gasteiger partial charge in [0, 0.05) is 28.6 Å². The van der Waals surface area contributed by atoms with Crippen LogP contribution < -0.4 is 5.32 Å². The third kappa shape index (κ3) is 2.09. The number of hydrogen-bond donors (Lipinski definition) is 2. The first-order valence-corrected chi connectivity index (χ1v) is 6.53. The van der Waals surface area contributed by atoms with Crippen molar-refractivity contribution < 1.29 is 9.63 Å². The van der Waals surface area contributed by atoms with Crippen LogP contribution in [-0.2, 0) is 6.54 Å². The molecule has 4 nitrogen and oxygen atoms in total. The summed E-state index contributed by atoms with van der Waals surface area (Å²) < 4.78 is 5.16. The number of phenolic OH excluding ortho intramolecular Hbond substituents is 1. The molecule has 0 aliphatic rings. The van der Waals surface area contributed by atoms with Crippen LogP contribution in [0, 0.1) is 13.8 Å². The van der Waals surface area contributed by atoms with Crippen molar-refractivity contribution in [2.24, 2.45) is 0 Å². The van der Waals surface area contributed by atoms with E-state index in [2.05, 4.69) is 10.5 Å². The highest BCUT2D eigenvalue weighted by molar-refractivity contribution is 5.97. The molecule has 4 heteroatoms. The fraction of sp³-hybridized carbons (Fsp3) is 0.188. The molecule has 1 aromatic heterocycles. The van der Waals surface area contributed by atoms with Gasteiger partial charge in [0.25, 0.3) is 0 Å². The van der Waals surface area contributed by atoms with E-state index in [1.165, 1.54) is 0 Å². The van der Waals surface area contributed by atoms with Crippen LogP contribution in [0.15, 0.2) is 40.9 Å². The number of aryl methyl sites for hydroxylation is 2. The number of fused-ring (bicyclic) bond motifs is 1. The molecule has 0 radical (unpaired) electrons.